The highest BCUT2D eigenvalue weighted by Crippen LogP contribution is 2.27. The van der Waals surface area contributed by atoms with E-state index < -0.39 is 0 Å². The standard InChI is InChI=1S/C24H24N2O4/c1-15(2)16-4-3-5-18(12-16)25-24(28)22-10-8-20(30-22)14-29-19-7-9-21-17(13-19)6-11-23(27)26-21/h3-5,7-10,12-13,15H,6,11,14H2,1-2H3,(H,25,28)(H,26,27). The van der Waals surface area contributed by atoms with Crippen LogP contribution in [0.25, 0.3) is 0 Å². The van der Waals surface area contributed by atoms with Crippen molar-refractivity contribution in [2.24, 2.45) is 0 Å². The SMILES string of the molecule is CC(C)c1cccc(NC(=O)c2ccc(COc3ccc4c(c3)CCC(=O)N4)o2)c1. The molecule has 2 aromatic carbocycles. The molecular weight excluding hydrogens is 380 g/mol. The lowest BCUT2D eigenvalue weighted by Crippen LogP contribution is -2.18. The maximum Gasteiger partial charge on any atom is 0.291 e. The molecule has 6 heteroatoms. The predicted molar refractivity (Wildman–Crippen MR) is 115 cm³/mol. The molecule has 0 radical (unpaired) electrons. The Kier molecular flexibility index (Phi) is 5.57. The number of rotatable bonds is 6. The Hall–Kier alpha value is -3.54. The summed E-state index contributed by atoms with van der Waals surface area (Å²) in [6.45, 7) is 4.43. The minimum absolute atomic E-state index is 0.0356. The summed E-state index contributed by atoms with van der Waals surface area (Å²) in [5.41, 5.74) is 3.78. The first-order chi connectivity index (χ1) is 14.5. The zero-order chi connectivity index (χ0) is 21.1. The fraction of sp³-hybridized carbons (Fsp3) is 0.250. The molecule has 0 atom stereocenters. The summed E-state index contributed by atoms with van der Waals surface area (Å²) in [6.07, 6.45) is 1.18. The van der Waals surface area contributed by atoms with E-state index in [0.29, 0.717) is 30.3 Å². The largest absolute Gasteiger partial charge is 0.486 e. The fourth-order valence-corrected chi connectivity index (χ4v) is 3.35. The van der Waals surface area contributed by atoms with Gasteiger partial charge in [0.05, 0.1) is 0 Å². The van der Waals surface area contributed by atoms with Crippen molar-refractivity contribution in [1.82, 2.24) is 0 Å². The molecular formula is C24H24N2O4. The Morgan fingerprint density at radius 2 is 2.00 bits per heavy atom. The van der Waals surface area contributed by atoms with E-state index in [2.05, 4.69) is 24.5 Å². The van der Waals surface area contributed by atoms with E-state index in [9.17, 15) is 9.59 Å². The number of nitrogens with one attached hydrogen (secondary N) is 2. The van der Waals surface area contributed by atoms with Gasteiger partial charge in [0, 0.05) is 17.8 Å². The summed E-state index contributed by atoms with van der Waals surface area (Å²) in [5.74, 6) is 1.60. The fourth-order valence-electron chi connectivity index (χ4n) is 3.35. The number of carbonyl (C=O) groups excluding carboxylic acids is 2. The molecule has 2 heterocycles. The lowest BCUT2D eigenvalue weighted by molar-refractivity contribution is -0.116. The van der Waals surface area contributed by atoms with Crippen molar-refractivity contribution in [2.45, 2.75) is 39.2 Å². The van der Waals surface area contributed by atoms with Crippen LogP contribution in [0.2, 0.25) is 0 Å². The summed E-state index contributed by atoms with van der Waals surface area (Å²) < 4.78 is 11.4. The number of hydrogen-bond donors (Lipinski definition) is 2. The van der Waals surface area contributed by atoms with E-state index >= 15 is 0 Å². The lowest BCUT2D eigenvalue weighted by atomic mass is 10.0. The van der Waals surface area contributed by atoms with Crippen molar-refractivity contribution >= 4 is 23.2 Å². The summed E-state index contributed by atoms with van der Waals surface area (Å²) in [6, 6.07) is 16.7. The second-order valence-corrected chi connectivity index (χ2v) is 7.66. The molecule has 0 unspecified atom stereocenters. The topological polar surface area (TPSA) is 80.6 Å². The van der Waals surface area contributed by atoms with Crippen LogP contribution >= 0.6 is 0 Å². The van der Waals surface area contributed by atoms with Gasteiger partial charge in [-0.1, -0.05) is 26.0 Å². The molecule has 4 rings (SSSR count). The molecule has 0 fully saturated rings. The molecule has 2 N–H and O–H groups in total. The van der Waals surface area contributed by atoms with E-state index in [1.165, 1.54) is 0 Å². The Labute approximate surface area is 175 Å². The summed E-state index contributed by atoms with van der Waals surface area (Å²) in [4.78, 5) is 23.9. The number of benzene rings is 2. The van der Waals surface area contributed by atoms with Gasteiger partial charge in [0.15, 0.2) is 5.76 Å². The zero-order valence-corrected chi connectivity index (χ0v) is 17.0. The number of hydrogen-bond acceptors (Lipinski definition) is 4. The Morgan fingerprint density at radius 3 is 2.83 bits per heavy atom. The van der Waals surface area contributed by atoms with Gasteiger partial charge in [-0.25, -0.2) is 0 Å². The van der Waals surface area contributed by atoms with E-state index in [-0.39, 0.29) is 24.2 Å². The average Bonchev–Trinajstić information content (AvgIpc) is 3.21. The minimum Gasteiger partial charge on any atom is -0.486 e. The Morgan fingerprint density at radius 1 is 1.13 bits per heavy atom. The maximum absolute atomic E-state index is 12.5. The summed E-state index contributed by atoms with van der Waals surface area (Å²) in [7, 11) is 0. The maximum atomic E-state index is 12.5. The van der Waals surface area contributed by atoms with Gasteiger partial charge in [-0.3, -0.25) is 9.59 Å². The van der Waals surface area contributed by atoms with Gasteiger partial charge in [-0.15, -0.1) is 0 Å². The molecule has 0 saturated heterocycles. The highest BCUT2D eigenvalue weighted by Gasteiger charge is 2.16. The molecule has 2 amide bonds. The molecule has 1 aliphatic heterocycles. The predicted octanol–water partition coefficient (Wildman–Crippen LogP) is 5.12. The van der Waals surface area contributed by atoms with Crippen LogP contribution in [0.3, 0.4) is 0 Å². The van der Waals surface area contributed by atoms with Crippen LogP contribution in [0, 0.1) is 0 Å². The zero-order valence-electron chi connectivity index (χ0n) is 17.0. The monoisotopic (exact) mass is 404 g/mol. The molecule has 0 bridgehead atoms. The summed E-state index contributed by atoms with van der Waals surface area (Å²) in [5, 5.41) is 5.72. The van der Waals surface area contributed by atoms with Gasteiger partial charge in [0.2, 0.25) is 5.91 Å². The number of ether oxygens (including phenoxy) is 1. The molecule has 3 aromatic rings. The van der Waals surface area contributed by atoms with Gasteiger partial charge in [-0.2, -0.15) is 0 Å². The van der Waals surface area contributed by atoms with Gasteiger partial charge in [0.1, 0.15) is 18.1 Å². The van der Waals surface area contributed by atoms with Crippen LogP contribution in [-0.4, -0.2) is 11.8 Å². The second kappa shape index (κ2) is 8.45. The molecule has 6 nitrogen and oxygen atoms in total. The molecule has 0 saturated carbocycles. The summed E-state index contributed by atoms with van der Waals surface area (Å²) >= 11 is 0. The number of carbonyl (C=O) groups is 2. The number of anilines is 2. The molecule has 1 aromatic heterocycles. The molecule has 1 aliphatic rings. The average molecular weight is 404 g/mol. The Balaban J connectivity index is 1.37. The molecule has 0 spiro atoms. The van der Waals surface area contributed by atoms with Crippen molar-refractivity contribution in [3.8, 4) is 5.75 Å². The third-order valence-corrected chi connectivity index (χ3v) is 5.05. The van der Waals surface area contributed by atoms with E-state index in [1.54, 1.807) is 12.1 Å². The van der Waals surface area contributed by atoms with Crippen LogP contribution in [0.5, 0.6) is 5.75 Å². The lowest BCUT2D eigenvalue weighted by Gasteiger charge is -2.17. The minimum atomic E-state index is -0.299. The number of amides is 2. The smallest absolute Gasteiger partial charge is 0.291 e. The highest BCUT2D eigenvalue weighted by atomic mass is 16.5. The quantitative estimate of drug-likeness (QED) is 0.598. The van der Waals surface area contributed by atoms with Crippen LogP contribution in [0.1, 0.15) is 53.6 Å². The van der Waals surface area contributed by atoms with Crippen molar-refractivity contribution in [1.29, 1.82) is 0 Å². The van der Waals surface area contributed by atoms with Crippen LogP contribution in [0.4, 0.5) is 11.4 Å². The van der Waals surface area contributed by atoms with Crippen molar-refractivity contribution in [2.75, 3.05) is 10.6 Å². The van der Waals surface area contributed by atoms with E-state index in [4.69, 9.17) is 9.15 Å². The van der Waals surface area contributed by atoms with Gasteiger partial charge >= 0.3 is 0 Å². The molecule has 0 aliphatic carbocycles. The van der Waals surface area contributed by atoms with Crippen molar-refractivity contribution in [3.05, 3.63) is 77.2 Å². The van der Waals surface area contributed by atoms with Crippen LogP contribution in [0.15, 0.2) is 59.0 Å². The normalized spacial score (nSPS) is 13.0. The number of furan rings is 1. The van der Waals surface area contributed by atoms with Crippen LogP contribution in [-0.2, 0) is 17.8 Å². The third-order valence-electron chi connectivity index (χ3n) is 5.05. The molecule has 154 valence electrons. The van der Waals surface area contributed by atoms with Crippen molar-refractivity contribution < 1.29 is 18.7 Å². The molecule has 30 heavy (non-hydrogen) atoms. The Bertz CT molecular complexity index is 1080. The first kappa shape index (κ1) is 19.8. The van der Waals surface area contributed by atoms with Crippen molar-refractivity contribution in [3.63, 3.8) is 0 Å². The highest BCUT2D eigenvalue weighted by molar-refractivity contribution is 6.02. The van der Waals surface area contributed by atoms with Gasteiger partial charge in [0.25, 0.3) is 5.91 Å². The van der Waals surface area contributed by atoms with Gasteiger partial charge in [-0.05, 0) is 65.9 Å². The van der Waals surface area contributed by atoms with E-state index in [0.717, 1.165) is 22.5 Å². The third kappa shape index (κ3) is 4.54. The second-order valence-electron chi connectivity index (χ2n) is 7.66. The number of fused-ring (bicyclic) bond motifs is 1. The first-order valence-corrected chi connectivity index (χ1v) is 10.0. The van der Waals surface area contributed by atoms with Gasteiger partial charge < -0.3 is 19.8 Å². The van der Waals surface area contributed by atoms with Crippen LogP contribution < -0.4 is 15.4 Å². The first-order valence-electron chi connectivity index (χ1n) is 10.0. The van der Waals surface area contributed by atoms with E-state index in [1.807, 2.05) is 42.5 Å². The number of aryl methyl sites for hydroxylation is 1.